The maximum absolute atomic E-state index is 13.2. The number of nitrogens with zero attached hydrogens (tertiary/aromatic N) is 1. The number of urea groups is 1. The van der Waals surface area contributed by atoms with E-state index in [9.17, 15) is 9.90 Å². The second-order valence-corrected chi connectivity index (χ2v) is 19.8. The van der Waals surface area contributed by atoms with E-state index in [2.05, 4.69) is 104 Å². The molecule has 3 aromatic carbocycles. The molecule has 3 aromatic rings. The van der Waals surface area contributed by atoms with Crippen molar-refractivity contribution < 1.29 is 19.4 Å². The van der Waals surface area contributed by atoms with Crippen molar-refractivity contribution in [1.82, 2.24) is 15.5 Å². The lowest BCUT2D eigenvalue weighted by Gasteiger charge is -2.56. The van der Waals surface area contributed by atoms with Gasteiger partial charge in [0.05, 0.1) is 18.8 Å². The average molecular weight is 732 g/mol. The van der Waals surface area contributed by atoms with Gasteiger partial charge in [-0.25, -0.2) is 4.79 Å². The minimum atomic E-state index is -0.513. The highest BCUT2D eigenvalue weighted by Crippen LogP contribution is 2.56. The summed E-state index contributed by atoms with van der Waals surface area (Å²) in [5.41, 5.74) is 7.04. The topological polar surface area (TPSA) is 83.1 Å². The van der Waals surface area contributed by atoms with Crippen molar-refractivity contribution in [3.05, 3.63) is 95.1 Å². The van der Waals surface area contributed by atoms with E-state index in [-0.39, 0.29) is 36.3 Å². The van der Waals surface area contributed by atoms with Gasteiger partial charge < -0.3 is 25.2 Å². The van der Waals surface area contributed by atoms with Crippen LogP contribution in [0.15, 0.2) is 72.8 Å². The molecule has 7 nitrogen and oxygen atoms in total. The molecule has 6 atom stereocenters. The molecule has 7 aliphatic rings. The predicted octanol–water partition coefficient (Wildman–Crippen LogP) is 9.31. The van der Waals surface area contributed by atoms with Crippen molar-refractivity contribution in [2.45, 2.75) is 129 Å². The summed E-state index contributed by atoms with van der Waals surface area (Å²) in [5.74, 6) is 2.55. The number of amides is 2. The standard InChI is InChI=1S/C47H61N3O4/c1-30-41(26-50-29-46(4)24-40(50)23-45(2,3)28-46)53-43(54-42(30)36-13-11-31(27-51)12-14-36)39-10-6-9-38(19-39)37-8-5-7-32(18-37)25-48-44(52)49-47-20-33-15-34(21-47)17-35(16-33)22-47/h5-14,18-19,30,33-35,40-43,51H,15-17,20-29H2,1-4H3,(H2,48,49,52)/t30-,33?,34?,35?,40?,41+,42+,43+,46?,47?/m0/s1. The van der Waals surface area contributed by atoms with Crippen molar-refractivity contribution in [1.29, 1.82) is 0 Å². The number of rotatable bonds is 9. The molecule has 5 aliphatic carbocycles. The van der Waals surface area contributed by atoms with E-state index >= 15 is 0 Å². The van der Waals surface area contributed by atoms with Gasteiger partial charge in [0.1, 0.15) is 0 Å². The Morgan fingerprint density at radius 1 is 0.815 bits per heavy atom. The highest BCUT2D eigenvalue weighted by molar-refractivity contribution is 5.75. The summed E-state index contributed by atoms with van der Waals surface area (Å²) in [6.07, 6.45) is 10.7. The van der Waals surface area contributed by atoms with Gasteiger partial charge >= 0.3 is 6.03 Å². The molecule has 2 unspecified atom stereocenters. The number of fused-ring (bicyclic) bond motifs is 2. The van der Waals surface area contributed by atoms with Crippen molar-refractivity contribution in [2.75, 3.05) is 13.1 Å². The Hall–Kier alpha value is -3.23. The molecule has 2 amide bonds. The number of carbonyl (C=O) groups is 1. The lowest BCUT2D eigenvalue weighted by atomic mass is 9.53. The van der Waals surface area contributed by atoms with Gasteiger partial charge in [-0.05, 0) is 126 Å². The quantitative estimate of drug-likeness (QED) is 0.204. The first kappa shape index (κ1) is 36.4. The van der Waals surface area contributed by atoms with Crippen LogP contribution < -0.4 is 10.6 Å². The van der Waals surface area contributed by atoms with Crippen LogP contribution in [0.5, 0.6) is 0 Å². The van der Waals surface area contributed by atoms with Crippen molar-refractivity contribution in [3.8, 4) is 11.1 Å². The summed E-state index contributed by atoms with van der Waals surface area (Å²) >= 11 is 0. The predicted molar refractivity (Wildman–Crippen MR) is 212 cm³/mol. The van der Waals surface area contributed by atoms with E-state index in [4.69, 9.17) is 9.47 Å². The molecule has 3 N–H and O–H groups in total. The van der Waals surface area contributed by atoms with E-state index < -0.39 is 6.29 Å². The van der Waals surface area contributed by atoms with Gasteiger partial charge in [0.25, 0.3) is 0 Å². The van der Waals surface area contributed by atoms with Crippen LogP contribution in [0, 0.1) is 34.5 Å². The smallest absolute Gasteiger partial charge is 0.315 e. The van der Waals surface area contributed by atoms with E-state index in [0.29, 0.717) is 23.4 Å². The van der Waals surface area contributed by atoms with E-state index in [1.807, 2.05) is 12.1 Å². The number of carbonyl (C=O) groups excluding carboxylic acids is 1. The van der Waals surface area contributed by atoms with Gasteiger partial charge in [0.15, 0.2) is 6.29 Å². The minimum absolute atomic E-state index is 0.0000322. The van der Waals surface area contributed by atoms with Crippen LogP contribution in [0.3, 0.4) is 0 Å². The van der Waals surface area contributed by atoms with Gasteiger partial charge in [-0.3, -0.25) is 4.90 Å². The second kappa shape index (κ2) is 14.1. The molecule has 0 radical (unpaired) electrons. The van der Waals surface area contributed by atoms with Crippen molar-refractivity contribution >= 4 is 6.03 Å². The van der Waals surface area contributed by atoms with Gasteiger partial charge in [-0.2, -0.15) is 0 Å². The number of aliphatic hydroxyl groups excluding tert-OH is 1. The van der Waals surface area contributed by atoms with Crippen LogP contribution in [0.1, 0.15) is 120 Å². The molecule has 2 aliphatic heterocycles. The Bertz CT molecular complexity index is 1810. The number of aliphatic hydroxyl groups is 1. The number of benzene rings is 3. The first-order chi connectivity index (χ1) is 25.9. The normalized spacial score (nSPS) is 36.6. The molecule has 10 rings (SSSR count). The maximum Gasteiger partial charge on any atom is 0.315 e. The third-order valence-electron chi connectivity index (χ3n) is 14.4. The monoisotopic (exact) mass is 731 g/mol. The summed E-state index contributed by atoms with van der Waals surface area (Å²) in [5, 5.41) is 16.4. The third-order valence-corrected chi connectivity index (χ3v) is 14.4. The highest BCUT2D eigenvalue weighted by atomic mass is 16.7. The Labute approximate surface area is 322 Å². The summed E-state index contributed by atoms with van der Waals surface area (Å²) in [7, 11) is 0. The van der Waals surface area contributed by atoms with Gasteiger partial charge in [0.2, 0.25) is 0 Å². The highest BCUT2D eigenvalue weighted by Gasteiger charge is 2.52. The average Bonchev–Trinajstić information content (AvgIpc) is 3.37. The molecule has 2 saturated heterocycles. The Morgan fingerprint density at radius 2 is 1.50 bits per heavy atom. The Kier molecular flexibility index (Phi) is 9.48. The van der Waals surface area contributed by atoms with Crippen molar-refractivity contribution in [3.63, 3.8) is 0 Å². The van der Waals surface area contributed by atoms with Crippen molar-refractivity contribution in [2.24, 2.45) is 34.5 Å². The molecule has 7 fully saturated rings. The largest absolute Gasteiger partial charge is 0.392 e. The zero-order valence-corrected chi connectivity index (χ0v) is 32.9. The Balaban J connectivity index is 0.913. The number of likely N-dealkylation sites (tertiary alicyclic amines) is 1. The zero-order chi connectivity index (χ0) is 37.2. The van der Waals surface area contributed by atoms with E-state index in [1.165, 1.54) is 38.5 Å². The van der Waals surface area contributed by atoms with Gasteiger partial charge in [-0.1, -0.05) is 88.4 Å². The molecular weight excluding hydrogens is 671 g/mol. The summed E-state index contributed by atoms with van der Waals surface area (Å²) < 4.78 is 13.9. The molecule has 288 valence electrons. The molecule has 0 aromatic heterocycles. The molecule has 2 heterocycles. The van der Waals surface area contributed by atoms with Crippen LogP contribution in [-0.2, 0) is 22.6 Å². The summed E-state index contributed by atoms with van der Waals surface area (Å²) in [6, 6.07) is 25.9. The zero-order valence-electron chi connectivity index (χ0n) is 32.9. The number of hydrogen-bond acceptors (Lipinski definition) is 5. The first-order valence-corrected chi connectivity index (χ1v) is 20.9. The Morgan fingerprint density at radius 3 is 2.20 bits per heavy atom. The number of hydrogen-bond donors (Lipinski definition) is 3. The molecule has 6 bridgehead atoms. The van der Waals surface area contributed by atoms with E-state index in [0.717, 1.165) is 83.5 Å². The second-order valence-electron chi connectivity index (χ2n) is 19.8. The minimum Gasteiger partial charge on any atom is -0.392 e. The van der Waals surface area contributed by atoms with Gasteiger partial charge in [0, 0.05) is 42.7 Å². The molecule has 5 saturated carbocycles. The number of ether oxygens (including phenoxy) is 2. The fourth-order valence-corrected chi connectivity index (χ4v) is 12.8. The van der Waals surface area contributed by atoms with Crippen LogP contribution in [-0.4, -0.2) is 46.8 Å². The molecular formula is C47H61N3O4. The van der Waals surface area contributed by atoms with E-state index in [1.54, 1.807) is 0 Å². The maximum atomic E-state index is 13.2. The van der Waals surface area contributed by atoms with Gasteiger partial charge in [-0.15, -0.1) is 0 Å². The summed E-state index contributed by atoms with van der Waals surface area (Å²) in [4.78, 5) is 16.0. The van der Waals surface area contributed by atoms with Crippen LogP contribution >= 0.6 is 0 Å². The molecule has 7 heteroatoms. The lowest BCUT2D eigenvalue weighted by Crippen LogP contribution is -2.61. The third kappa shape index (κ3) is 7.38. The molecule has 54 heavy (non-hydrogen) atoms. The SMILES string of the molecule is C[C@H]1[C@@H](CN2CC3(C)CC2CC(C)(C)C3)O[C@@H](c2cccc(-c3cccc(CNC(=O)NC45CC6CC(CC(C6)C4)C5)c3)c2)O[C@H]1c1ccc(CO)cc1. The fraction of sp³-hybridized carbons (Fsp3) is 0.596. The van der Waals surface area contributed by atoms with Crippen LogP contribution in [0.4, 0.5) is 4.79 Å². The molecule has 0 spiro atoms. The number of nitrogens with one attached hydrogen (secondary N) is 2. The first-order valence-electron chi connectivity index (χ1n) is 20.9. The van der Waals surface area contributed by atoms with Crippen LogP contribution in [0.2, 0.25) is 0 Å². The van der Waals surface area contributed by atoms with Crippen LogP contribution in [0.25, 0.3) is 11.1 Å². The fourth-order valence-electron chi connectivity index (χ4n) is 12.8. The lowest BCUT2D eigenvalue weighted by molar-refractivity contribution is -0.276. The summed E-state index contributed by atoms with van der Waals surface area (Å²) in [6.45, 7) is 12.2.